The van der Waals surface area contributed by atoms with Crippen LogP contribution in [-0.2, 0) is 9.53 Å². The van der Waals surface area contributed by atoms with Crippen molar-refractivity contribution in [2.45, 2.75) is 20.3 Å². The van der Waals surface area contributed by atoms with Crippen LogP contribution in [0.4, 0.5) is 5.69 Å². The highest BCUT2D eigenvalue weighted by molar-refractivity contribution is 5.95. The minimum absolute atomic E-state index is 0.148. The highest BCUT2D eigenvalue weighted by Gasteiger charge is 2.27. The highest BCUT2D eigenvalue weighted by Crippen LogP contribution is 2.21. The number of para-hydroxylation sites is 1. The van der Waals surface area contributed by atoms with Gasteiger partial charge in [-0.05, 0) is 24.3 Å². The van der Waals surface area contributed by atoms with Gasteiger partial charge < -0.3 is 9.64 Å². The summed E-state index contributed by atoms with van der Waals surface area (Å²) in [5, 5.41) is 10.9. The first-order valence-electron chi connectivity index (χ1n) is 7.56. The maximum Gasteiger partial charge on any atom is 0.345 e. The largest absolute Gasteiger partial charge is 0.452 e. The summed E-state index contributed by atoms with van der Waals surface area (Å²) >= 11 is 0. The minimum atomic E-state index is -0.858. The molecule has 1 aromatic carbocycles. The van der Waals surface area contributed by atoms with Gasteiger partial charge in [0, 0.05) is 19.2 Å². The fraction of sp³-hybridized carbons (Fsp3) is 0.500. The number of benzene rings is 1. The highest BCUT2D eigenvalue weighted by atomic mass is 16.6. The summed E-state index contributed by atoms with van der Waals surface area (Å²) in [6, 6.07) is 5.53. The number of nitro groups is 1. The third-order valence-corrected chi connectivity index (χ3v) is 3.87. The van der Waals surface area contributed by atoms with E-state index in [2.05, 4.69) is 13.8 Å². The van der Waals surface area contributed by atoms with Gasteiger partial charge in [0.2, 0.25) is 0 Å². The first-order valence-corrected chi connectivity index (χ1v) is 7.56. The number of esters is 1. The van der Waals surface area contributed by atoms with Crippen LogP contribution >= 0.6 is 0 Å². The van der Waals surface area contributed by atoms with Crippen LogP contribution in [0.5, 0.6) is 0 Å². The van der Waals surface area contributed by atoms with Gasteiger partial charge in [0.1, 0.15) is 5.56 Å². The quantitative estimate of drug-likeness (QED) is 0.482. The summed E-state index contributed by atoms with van der Waals surface area (Å²) in [4.78, 5) is 36.1. The smallest absolute Gasteiger partial charge is 0.345 e. The van der Waals surface area contributed by atoms with Gasteiger partial charge in [-0.1, -0.05) is 26.0 Å². The molecule has 0 aliphatic carbocycles. The third kappa shape index (κ3) is 4.28. The molecule has 1 aliphatic heterocycles. The summed E-state index contributed by atoms with van der Waals surface area (Å²) in [6.07, 6.45) is 1.07. The second-order valence-corrected chi connectivity index (χ2v) is 6.10. The first-order chi connectivity index (χ1) is 10.9. The first kappa shape index (κ1) is 16.9. The lowest BCUT2D eigenvalue weighted by molar-refractivity contribution is -0.385. The van der Waals surface area contributed by atoms with Crippen LogP contribution in [0.15, 0.2) is 24.3 Å². The zero-order valence-corrected chi connectivity index (χ0v) is 13.2. The van der Waals surface area contributed by atoms with Crippen LogP contribution in [0, 0.1) is 22.0 Å². The molecule has 1 saturated heterocycles. The van der Waals surface area contributed by atoms with E-state index in [1.807, 2.05) is 0 Å². The van der Waals surface area contributed by atoms with Gasteiger partial charge in [0.05, 0.1) is 4.92 Å². The monoisotopic (exact) mass is 320 g/mol. The Bertz CT molecular complexity index is 606. The molecule has 23 heavy (non-hydrogen) atoms. The average molecular weight is 320 g/mol. The van der Waals surface area contributed by atoms with Gasteiger partial charge in [0.15, 0.2) is 6.61 Å². The standard InChI is InChI=1S/C16H20N2O5/c1-11-7-12(2)9-17(8-11)15(19)10-23-16(20)13-5-3-4-6-14(13)18(21)22/h3-6,11-12H,7-10H2,1-2H3/t11-,12-/m1/s1. The van der Waals surface area contributed by atoms with Crippen molar-refractivity contribution >= 4 is 17.6 Å². The summed E-state index contributed by atoms with van der Waals surface area (Å²) < 4.78 is 4.97. The Kier molecular flexibility index (Phi) is 5.31. The van der Waals surface area contributed by atoms with Crippen LogP contribution in [0.3, 0.4) is 0 Å². The lowest BCUT2D eigenvalue weighted by Gasteiger charge is -2.34. The molecule has 1 heterocycles. The predicted octanol–water partition coefficient (Wildman–Crippen LogP) is 2.26. The molecular formula is C16H20N2O5. The Labute approximate surface area is 134 Å². The summed E-state index contributed by atoms with van der Waals surface area (Å²) in [5.74, 6) is -0.304. The lowest BCUT2D eigenvalue weighted by Crippen LogP contribution is -2.44. The molecule has 0 spiro atoms. The normalized spacial score (nSPS) is 20.9. The van der Waals surface area contributed by atoms with Crippen molar-refractivity contribution in [3.05, 3.63) is 39.9 Å². The van der Waals surface area contributed by atoms with Crippen LogP contribution in [0.25, 0.3) is 0 Å². The molecular weight excluding hydrogens is 300 g/mol. The average Bonchev–Trinajstić information content (AvgIpc) is 2.51. The number of hydrogen-bond donors (Lipinski definition) is 0. The van der Waals surface area contributed by atoms with E-state index in [0.717, 1.165) is 6.42 Å². The van der Waals surface area contributed by atoms with Crippen LogP contribution < -0.4 is 0 Å². The van der Waals surface area contributed by atoms with E-state index in [1.54, 1.807) is 4.90 Å². The minimum Gasteiger partial charge on any atom is -0.452 e. The molecule has 0 saturated carbocycles. The molecule has 1 amide bonds. The molecule has 0 aromatic heterocycles. The Balaban J connectivity index is 1.97. The molecule has 0 unspecified atom stereocenters. The van der Waals surface area contributed by atoms with Crippen LogP contribution in [0.2, 0.25) is 0 Å². The number of carbonyl (C=O) groups is 2. The van der Waals surface area contributed by atoms with Crippen LogP contribution in [-0.4, -0.2) is 41.4 Å². The van der Waals surface area contributed by atoms with E-state index in [-0.39, 0.29) is 17.2 Å². The van der Waals surface area contributed by atoms with E-state index >= 15 is 0 Å². The molecule has 1 aromatic rings. The molecule has 1 fully saturated rings. The van der Waals surface area contributed by atoms with Gasteiger partial charge in [-0.15, -0.1) is 0 Å². The predicted molar refractivity (Wildman–Crippen MR) is 82.9 cm³/mol. The molecule has 0 radical (unpaired) electrons. The van der Waals surface area contributed by atoms with Crippen molar-refractivity contribution in [2.75, 3.05) is 19.7 Å². The van der Waals surface area contributed by atoms with Crippen molar-refractivity contribution < 1.29 is 19.2 Å². The maximum atomic E-state index is 12.2. The van der Waals surface area contributed by atoms with Crippen molar-refractivity contribution in [3.63, 3.8) is 0 Å². The molecule has 124 valence electrons. The van der Waals surface area contributed by atoms with Crippen molar-refractivity contribution in [3.8, 4) is 0 Å². The van der Waals surface area contributed by atoms with E-state index in [9.17, 15) is 19.7 Å². The SMILES string of the molecule is C[C@@H]1C[C@@H](C)CN(C(=O)COC(=O)c2ccccc2[N+](=O)[O-])C1. The number of piperidine rings is 1. The van der Waals surface area contributed by atoms with E-state index in [0.29, 0.717) is 24.9 Å². The summed E-state index contributed by atoms with van der Waals surface area (Å²) in [7, 11) is 0. The van der Waals surface area contributed by atoms with Gasteiger partial charge in [-0.3, -0.25) is 14.9 Å². The fourth-order valence-corrected chi connectivity index (χ4v) is 2.97. The number of rotatable bonds is 4. The number of nitrogens with zero attached hydrogens (tertiary/aromatic N) is 2. The van der Waals surface area contributed by atoms with Crippen molar-refractivity contribution in [2.24, 2.45) is 11.8 Å². The second kappa shape index (κ2) is 7.21. The number of amides is 1. The Hall–Kier alpha value is -2.44. The van der Waals surface area contributed by atoms with Gasteiger partial charge in [-0.25, -0.2) is 4.79 Å². The summed E-state index contributed by atoms with van der Waals surface area (Å²) in [5.41, 5.74) is -0.476. The van der Waals surface area contributed by atoms with E-state index in [1.165, 1.54) is 24.3 Å². The molecule has 0 N–H and O–H groups in total. The molecule has 7 heteroatoms. The fourth-order valence-electron chi connectivity index (χ4n) is 2.97. The second-order valence-electron chi connectivity index (χ2n) is 6.10. The molecule has 2 atom stereocenters. The van der Waals surface area contributed by atoms with E-state index in [4.69, 9.17) is 4.74 Å². The van der Waals surface area contributed by atoms with Crippen LogP contribution in [0.1, 0.15) is 30.6 Å². The number of nitro benzene ring substituents is 1. The lowest BCUT2D eigenvalue weighted by atomic mass is 9.92. The van der Waals surface area contributed by atoms with Gasteiger partial charge >= 0.3 is 5.97 Å². The molecule has 2 rings (SSSR count). The molecule has 1 aliphatic rings. The maximum absolute atomic E-state index is 12.2. The van der Waals surface area contributed by atoms with Crippen molar-refractivity contribution in [1.82, 2.24) is 4.90 Å². The Morgan fingerprint density at radius 2 is 1.87 bits per heavy atom. The van der Waals surface area contributed by atoms with E-state index < -0.39 is 17.5 Å². The number of carbonyl (C=O) groups excluding carboxylic acids is 2. The van der Waals surface area contributed by atoms with Crippen molar-refractivity contribution in [1.29, 1.82) is 0 Å². The molecule has 7 nitrogen and oxygen atoms in total. The van der Waals surface area contributed by atoms with Gasteiger partial charge in [-0.2, -0.15) is 0 Å². The Morgan fingerprint density at radius 3 is 2.48 bits per heavy atom. The zero-order valence-electron chi connectivity index (χ0n) is 13.2. The number of likely N-dealkylation sites (tertiary alicyclic amines) is 1. The summed E-state index contributed by atoms with van der Waals surface area (Å²) in [6.45, 7) is 5.05. The Morgan fingerprint density at radius 1 is 1.26 bits per heavy atom. The van der Waals surface area contributed by atoms with Gasteiger partial charge in [0.25, 0.3) is 11.6 Å². The zero-order chi connectivity index (χ0) is 17.0. The molecule has 0 bridgehead atoms. The third-order valence-electron chi connectivity index (χ3n) is 3.87. The topological polar surface area (TPSA) is 89.8 Å². The number of hydrogen-bond acceptors (Lipinski definition) is 5. The number of ether oxygens (including phenoxy) is 1.